The molecule has 126 valence electrons. The number of hydrogen-bond donors (Lipinski definition) is 0. The van der Waals surface area contributed by atoms with Crippen LogP contribution in [0.15, 0.2) is 66.0 Å². The summed E-state index contributed by atoms with van der Waals surface area (Å²) in [6.07, 6.45) is 0.997. The molecule has 4 rings (SSSR count). The zero-order valence-electron chi connectivity index (χ0n) is 13.7. The van der Waals surface area contributed by atoms with Crippen LogP contribution in [0.1, 0.15) is 27.6 Å². The quantitative estimate of drug-likeness (QED) is 0.501. The number of rotatable bonds is 4. The molecule has 1 atom stereocenters. The van der Waals surface area contributed by atoms with Gasteiger partial charge in [0.15, 0.2) is 0 Å². The van der Waals surface area contributed by atoms with Crippen LogP contribution in [-0.2, 0) is 13.0 Å². The minimum Gasteiger partial charge on any atom is -0.287 e. The zero-order chi connectivity index (χ0) is 17.2. The van der Waals surface area contributed by atoms with Gasteiger partial charge in [-0.15, -0.1) is 11.3 Å². The van der Waals surface area contributed by atoms with Crippen LogP contribution >= 0.6 is 11.3 Å². The van der Waals surface area contributed by atoms with Crippen LogP contribution in [0.5, 0.6) is 0 Å². The Kier molecular flexibility index (Phi) is 4.34. The van der Waals surface area contributed by atoms with Gasteiger partial charge >= 0.3 is 0 Å². The van der Waals surface area contributed by atoms with Crippen molar-refractivity contribution < 1.29 is 4.92 Å². The summed E-state index contributed by atoms with van der Waals surface area (Å²) in [4.78, 5) is 14.9. The normalized spacial score (nSPS) is 17.2. The molecule has 0 bridgehead atoms. The second-order valence-corrected chi connectivity index (χ2v) is 7.22. The van der Waals surface area contributed by atoms with Crippen molar-refractivity contribution in [1.29, 1.82) is 0 Å². The van der Waals surface area contributed by atoms with Gasteiger partial charge in [0.2, 0.25) is 0 Å². The van der Waals surface area contributed by atoms with Crippen LogP contribution in [-0.4, -0.2) is 16.4 Å². The van der Waals surface area contributed by atoms with Crippen molar-refractivity contribution in [3.8, 4) is 0 Å². The molecule has 0 spiro atoms. The van der Waals surface area contributed by atoms with Gasteiger partial charge in [-0.3, -0.25) is 15.0 Å². The number of nitro groups is 1. The minimum absolute atomic E-state index is 0.149. The fourth-order valence-corrected chi connectivity index (χ4v) is 4.51. The molecule has 2 aromatic carbocycles. The first-order valence-electron chi connectivity index (χ1n) is 8.31. The van der Waals surface area contributed by atoms with Crippen LogP contribution in [0.2, 0.25) is 0 Å². The van der Waals surface area contributed by atoms with E-state index in [4.69, 9.17) is 0 Å². The van der Waals surface area contributed by atoms with Gasteiger partial charge in [-0.05, 0) is 29.0 Å². The lowest BCUT2D eigenvalue weighted by Crippen LogP contribution is -2.35. The third-order valence-corrected chi connectivity index (χ3v) is 5.74. The van der Waals surface area contributed by atoms with Crippen molar-refractivity contribution >= 4 is 17.0 Å². The topological polar surface area (TPSA) is 46.4 Å². The average Bonchev–Trinajstić information content (AvgIpc) is 3.11. The summed E-state index contributed by atoms with van der Waals surface area (Å²) >= 11 is 1.81. The third kappa shape index (κ3) is 3.08. The summed E-state index contributed by atoms with van der Waals surface area (Å²) < 4.78 is 0. The van der Waals surface area contributed by atoms with Crippen molar-refractivity contribution in [1.82, 2.24) is 4.90 Å². The zero-order valence-corrected chi connectivity index (χ0v) is 14.5. The van der Waals surface area contributed by atoms with E-state index in [9.17, 15) is 10.1 Å². The van der Waals surface area contributed by atoms with E-state index in [0.717, 1.165) is 18.5 Å². The van der Waals surface area contributed by atoms with E-state index >= 15 is 0 Å². The molecule has 0 radical (unpaired) electrons. The number of hydrogen-bond acceptors (Lipinski definition) is 4. The molecule has 0 saturated heterocycles. The van der Waals surface area contributed by atoms with Crippen LogP contribution in [0, 0.1) is 10.1 Å². The van der Waals surface area contributed by atoms with Gasteiger partial charge in [0, 0.05) is 29.6 Å². The molecule has 1 aromatic heterocycles. The Hall–Kier alpha value is -2.50. The maximum Gasteiger partial charge on any atom is 0.273 e. The summed E-state index contributed by atoms with van der Waals surface area (Å²) in [5.41, 5.74) is 3.54. The molecular weight excluding hydrogens is 332 g/mol. The lowest BCUT2D eigenvalue weighted by atomic mass is 9.92. The van der Waals surface area contributed by atoms with Crippen molar-refractivity contribution in [3.63, 3.8) is 0 Å². The predicted molar refractivity (Wildman–Crippen MR) is 99.8 cm³/mol. The molecule has 0 N–H and O–H groups in total. The maximum absolute atomic E-state index is 11.4. The fourth-order valence-electron chi connectivity index (χ4n) is 3.61. The molecule has 1 unspecified atom stereocenters. The van der Waals surface area contributed by atoms with Crippen molar-refractivity contribution in [3.05, 3.63) is 97.7 Å². The van der Waals surface area contributed by atoms with Gasteiger partial charge in [0.25, 0.3) is 5.69 Å². The Morgan fingerprint density at radius 1 is 1.08 bits per heavy atom. The molecule has 0 saturated carbocycles. The Morgan fingerprint density at radius 3 is 2.64 bits per heavy atom. The predicted octanol–water partition coefficient (Wildman–Crippen LogP) is 4.80. The fraction of sp³-hybridized carbons (Fsp3) is 0.200. The lowest BCUT2D eigenvalue weighted by Gasteiger charge is -2.36. The standard InChI is InChI=1S/C20H18N2O2S/c23-22(24)18-9-5-4-8-16(18)14-21-12-10-19-17(11-13-25-19)20(21)15-6-2-1-3-7-15/h1-9,11,13,20H,10,12,14H2. The van der Waals surface area contributed by atoms with Crippen molar-refractivity contribution in [2.45, 2.75) is 19.0 Å². The van der Waals surface area contributed by atoms with Crippen LogP contribution < -0.4 is 0 Å². The number of fused-ring (bicyclic) bond motifs is 1. The first-order valence-corrected chi connectivity index (χ1v) is 9.19. The molecule has 4 nitrogen and oxygen atoms in total. The molecule has 1 aliphatic rings. The summed E-state index contributed by atoms with van der Waals surface area (Å²) in [5, 5.41) is 13.5. The van der Waals surface area contributed by atoms with Crippen LogP contribution in [0.4, 0.5) is 5.69 Å². The number of thiophene rings is 1. The SMILES string of the molecule is O=[N+]([O-])c1ccccc1CN1CCc2sccc2C1c1ccccc1. The van der Waals surface area contributed by atoms with E-state index in [1.165, 1.54) is 16.0 Å². The summed E-state index contributed by atoms with van der Waals surface area (Å²) in [6, 6.07) is 19.8. The summed E-state index contributed by atoms with van der Waals surface area (Å²) in [7, 11) is 0. The van der Waals surface area contributed by atoms with Gasteiger partial charge < -0.3 is 0 Å². The highest BCUT2D eigenvalue weighted by molar-refractivity contribution is 7.10. The maximum atomic E-state index is 11.4. The molecule has 3 aromatic rings. The third-order valence-electron chi connectivity index (χ3n) is 4.74. The molecule has 5 heteroatoms. The van der Waals surface area contributed by atoms with E-state index in [1.807, 2.05) is 18.2 Å². The van der Waals surface area contributed by atoms with Gasteiger partial charge in [-0.2, -0.15) is 0 Å². The monoisotopic (exact) mass is 350 g/mol. The molecule has 1 aliphatic heterocycles. The second kappa shape index (κ2) is 6.78. The number of nitro benzene ring substituents is 1. The first-order chi connectivity index (χ1) is 12.2. The largest absolute Gasteiger partial charge is 0.287 e. The van der Waals surface area contributed by atoms with Crippen LogP contribution in [0.3, 0.4) is 0 Å². The van der Waals surface area contributed by atoms with Crippen LogP contribution in [0.25, 0.3) is 0 Å². The molecule has 25 heavy (non-hydrogen) atoms. The van der Waals surface area contributed by atoms with Gasteiger partial charge in [-0.25, -0.2) is 0 Å². The smallest absolute Gasteiger partial charge is 0.273 e. The number of benzene rings is 2. The van der Waals surface area contributed by atoms with Gasteiger partial charge in [-0.1, -0.05) is 48.5 Å². The molecule has 2 heterocycles. The van der Waals surface area contributed by atoms with Crippen molar-refractivity contribution in [2.24, 2.45) is 0 Å². The van der Waals surface area contributed by atoms with Gasteiger partial charge in [0.1, 0.15) is 0 Å². The average molecular weight is 350 g/mol. The molecule has 0 amide bonds. The number of para-hydroxylation sites is 1. The minimum atomic E-state index is -0.285. The van der Waals surface area contributed by atoms with E-state index in [-0.39, 0.29) is 16.7 Å². The van der Waals surface area contributed by atoms with E-state index in [0.29, 0.717) is 6.54 Å². The molecule has 0 fully saturated rings. The second-order valence-electron chi connectivity index (χ2n) is 6.22. The highest BCUT2D eigenvalue weighted by Gasteiger charge is 2.30. The highest BCUT2D eigenvalue weighted by Crippen LogP contribution is 2.39. The Balaban J connectivity index is 1.73. The van der Waals surface area contributed by atoms with Crippen molar-refractivity contribution in [2.75, 3.05) is 6.54 Å². The van der Waals surface area contributed by atoms with Gasteiger partial charge in [0.05, 0.1) is 11.0 Å². The first kappa shape index (κ1) is 16.0. The Morgan fingerprint density at radius 2 is 1.84 bits per heavy atom. The van der Waals surface area contributed by atoms with E-state index in [1.54, 1.807) is 23.5 Å². The summed E-state index contributed by atoms with van der Waals surface area (Å²) in [5.74, 6) is 0. The lowest BCUT2D eigenvalue weighted by molar-refractivity contribution is -0.385. The molecule has 0 aliphatic carbocycles. The Labute approximate surface area is 150 Å². The van der Waals surface area contributed by atoms with E-state index in [2.05, 4.69) is 40.6 Å². The van der Waals surface area contributed by atoms with E-state index < -0.39 is 0 Å². The summed E-state index contributed by atoms with van der Waals surface area (Å²) in [6.45, 7) is 1.48. The molecular formula is C20H18N2O2S. The highest BCUT2D eigenvalue weighted by atomic mass is 32.1. The Bertz CT molecular complexity index is 891. The number of nitrogens with zero attached hydrogens (tertiary/aromatic N) is 2.